The number of amides is 2. The third-order valence-corrected chi connectivity index (χ3v) is 7.16. The van der Waals surface area contributed by atoms with Crippen LogP contribution in [-0.2, 0) is 9.59 Å². The van der Waals surface area contributed by atoms with Crippen LogP contribution < -0.4 is 0 Å². The van der Waals surface area contributed by atoms with E-state index in [0.717, 1.165) is 15.6 Å². The van der Waals surface area contributed by atoms with E-state index in [4.69, 9.17) is 5.11 Å². The van der Waals surface area contributed by atoms with Gasteiger partial charge in [0.1, 0.15) is 5.37 Å². The fourth-order valence-electron chi connectivity index (χ4n) is 3.49. The molecule has 3 aromatic rings. The van der Waals surface area contributed by atoms with Crippen molar-refractivity contribution < 1.29 is 19.5 Å². The number of hydrazine groups is 1. The lowest BCUT2D eigenvalue weighted by atomic mass is 10.0. The van der Waals surface area contributed by atoms with Crippen LogP contribution in [0.5, 0.6) is 0 Å². The molecule has 154 valence electrons. The van der Waals surface area contributed by atoms with E-state index in [2.05, 4.69) is 4.37 Å². The van der Waals surface area contributed by atoms with Gasteiger partial charge < -0.3 is 5.11 Å². The summed E-state index contributed by atoms with van der Waals surface area (Å²) in [6.07, 6.45) is 0. The molecule has 1 saturated heterocycles. The summed E-state index contributed by atoms with van der Waals surface area (Å²) in [6, 6.07) is 14.1. The molecule has 0 bridgehead atoms. The van der Waals surface area contributed by atoms with Crippen LogP contribution >= 0.6 is 23.3 Å². The van der Waals surface area contributed by atoms with E-state index in [1.54, 1.807) is 26.1 Å². The molecular weight excluding hydrogens is 422 g/mol. The van der Waals surface area contributed by atoms with Crippen LogP contribution in [0.3, 0.4) is 0 Å². The number of benzene rings is 2. The topological polar surface area (TPSA) is 90.8 Å². The quantitative estimate of drug-likeness (QED) is 0.649. The molecule has 1 aliphatic rings. The summed E-state index contributed by atoms with van der Waals surface area (Å²) >= 11 is 2.76. The summed E-state index contributed by atoms with van der Waals surface area (Å²) in [6.45, 7) is 1.80. The summed E-state index contributed by atoms with van der Waals surface area (Å²) in [5.74, 6) is -1.67. The van der Waals surface area contributed by atoms with Crippen molar-refractivity contribution in [3.63, 3.8) is 0 Å². The number of aromatic carboxylic acids is 1. The van der Waals surface area contributed by atoms with Crippen molar-refractivity contribution in [3.05, 3.63) is 65.4 Å². The Balaban J connectivity index is 1.59. The number of carbonyl (C=O) groups excluding carboxylic acids is 2. The molecule has 0 spiro atoms. The Morgan fingerprint density at radius 3 is 2.60 bits per heavy atom. The fourth-order valence-corrected chi connectivity index (χ4v) is 5.54. The van der Waals surface area contributed by atoms with Gasteiger partial charge in [-0.05, 0) is 42.2 Å². The zero-order valence-electron chi connectivity index (χ0n) is 16.3. The molecule has 9 heteroatoms. The van der Waals surface area contributed by atoms with Crippen LogP contribution in [-0.4, -0.2) is 50.1 Å². The Hall–Kier alpha value is -2.91. The Morgan fingerprint density at radius 1 is 1.20 bits per heavy atom. The number of carbonyl (C=O) groups is 3. The largest absolute Gasteiger partial charge is 0.478 e. The number of hydrogen-bond donors (Lipinski definition) is 1. The van der Waals surface area contributed by atoms with E-state index in [9.17, 15) is 14.4 Å². The van der Waals surface area contributed by atoms with E-state index in [1.165, 1.54) is 45.4 Å². The van der Waals surface area contributed by atoms with Gasteiger partial charge >= 0.3 is 5.97 Å². The molecule has 30 heavy (non-hydrogen) atoms. The molecule has 2 atom stereocenters. The van der Waals surface area contributed by atoms with Gasteiger partial charge in [-0.3, -0.25) is 14.6 Å². The zero-order chi connectivity index (χ0) is 21.4. The molecule has 0 radical (unpaired) electrons. The predicted octanol–water partition coefficient (Wildman–Crippen LogP) is 3.75. The van der Waals surface area contributed by atoms with Crippen molar-refractivity contribution in [1.82, 2.24) is 14.4 Å². The van der Waals surface area contributed by atoms with Crippen LogP contribution in [0.15, 0.2) is 48.5 Å². The van der Waals surface area contributed by atoms with Gasteiger partial charge in [-0.25, -0.2) is 9.80 Å². The lowest BCUT2D eigenvalue weighted by molar-refractivity contribution is -0.160. The summed E-state index contributed by atoms with van der Waals surface area (Å²) in [5, 5.41) is 12.5. The number of thioether (sulfide) groups is 1. The fraction of sp³-hybridized carbons (Fsp3) is 0.238. The van der Waals surface area contributed by atoms with Crippen molar-refractivity contribution in [1.29, 1.82) is 0 Å². The monoisotopic (exact) mass is 441 g/mol. The molecule has 2 aromatic carbocycles. The molecule has 1 aromatic heterocycles. The SMILES string of the molecule is CC(C(=O)N(C)N1C(=O)CSC1c1ccc(C(=O)O)cc1)c1nsc2ccccc12. The summed E-state index contributed by atoms with van der Waals surface area (Å²) in [4.78, 5) is 37.0. The van der Waals surface area contributed by atoms with Crippen molar-refractivity contribution in [3.8, 4) is 0 Å². The van der Waals surface area contributed by atoms with Crippen molar-refractivity contribution in [2.75, 3.05) is 12.8 Å². The standard InChI is InChI=1S/C21H19N3O4S2/c1-12(18-15-5-3-4-6-16(15)30-22-18)19(26)23(2)24-17(25)11-29-20(24)13-7-9-14(10-8-13)21(27)28/h3-10,12,20H,11H2,1-2H3,(H,27,28). The Bertz CT molecular complexity index is 1130. The van der Waals surface area contributed by atoms with E-state index < -0.39 is 17.3 Å². The number of fused-ring (bicyclic) bond motifs is 1. The van der Waals surface area contributed by atoms with Crippen LogP contribution in [0.2, 0.25) is 0 Å². The minimum absolute atomic E-state index is 0.168. The number of carboxylic acids is 1. The molecule has 4 rings (SSSR count). The number of nitrogens with zero attached hydrogens (tertiary/aromatic N) is 3. The van der Waals surface area contributed by atoms with Crippen molar-refractivity contribution >= 4 is 51.2 Å². The lowest BCUT2D eigenvalue weighted by Crippen LogP contribution is -2.47. The average molecular weight is 442 g/mol. The maximum absolute atomic E-state index is 13.2. The maximum Gasteiger partial charge on any atom is 0.335 e. The predicted molar refractivity (Wildman–Crippen MR) is 116 cm³/mol. The minimum atomic E-state index is -1.01. The highest BCUT2D eigenvalue weighted by Gasteiger charge is 2.39. The highest BCUT2D eigenvalue weighted by atomic mass is 32.2. The van der Waals surface area contributed by atoms with Gasteiger partial charge in [0.15, 0.2) is 0 Å². The van der Waals surface area contributed by atoms with Crippen molar-refractivity contribution in [2.45, 2.75) is 18.2 Å². The highest BCUT2D eigenvalue weighted by molar-refractivity contribution is 8.00. The molecule has 1 aliphatic heterocycles. The second-order valence-electron chi connectivity index (χ2n) is 6.98. The number of likely N-dealkylation sites (N-methyl/N-ethyl adjacent to an activating group) is 1. The molecule has 0 saturated carbocycles. The highest BCUT2D eigenvalue weighted by Crippen LogP contribution is 2.40. The molecule has 2 amide bonds. The molecular formula is C21H19N3O4S2. The van der Waals surface area contributed by atoms with Crippen LogP contribution in [0.25, 0.3) is 10.1 Å². The number of carboxylic acid groups (broad SMARTS) is 1. The van der Waals surface area contributed by atoms with Gasteiger partial charge in [-0.2, -0.15) is 4.37 Å². The molecule has 2 unspecified atom stereocenters. The first kappa shape index (κ1) is 20.4. The van der Waals surface area contributed by atoms with Gasteiger partial charge in [0.25, 0.3) is 5.91 Å². The van der Waals surface area contributed by atoms with Gasteiger partial charge in [0.2, 0.25) is 5.91 Å². The Morgan fingerprint density at radius 2 is 1.90 bits per heavy atom. The normalized spacial score (nSPS) is 17.3. The third-order valence-electron chi connectivity index (χ3n) is 5.11. The molecule has 1 fully saturated rings. The second kappa shape index (κ2) is 8.08. The van der Waals surface area contributed by atoms with Gasteiger partial charge in [0.05, 0.1) is 27.6 Å². The van der Waals surface area contributed by atoms with Gasteiger partial charge in [-0.15, -0.1) is 11.8 Å². The van der Waals surface area contributed by atoms with Crippen LogP contribution in [0.4, 0.5) is 0 Å². The van der Waals surface area contributed by atoms with E-state index in [-0.39, 0.29) is 23.1 Å². The summed E-state index contributed by atoms with van der Waals surface area (Å²) < 4.78 is 5.49. The number of hydrogen-bond acceptors (Lipinski definition) is 6. The molecule has 0 aliphatic carbocycles. The summed E-state index contributed by atoms with van der Waals surface area (Å²) in [5.41, 5.74) is 1.64. The van der Waals surface area contributed by atoms with Gasteiger partial charge in [0, 0.05) is 12.4 Å². The first-order valence-corrected chi connectivity index (χ1v) is 11.1. The summed E-state index contributed by atoms with van der Waals surface area (Å²) in [7, 11) is 1.59. The smallest absolute Gasteiger partial charge is 0.335 e. The lowest BCUT2D eigenvalue weighted by Gasteiger charge is -2.34. The maximum atomic E-state index is 13.2. The average Bonchev–Trinajstić information content (AvgIpc) is 3.36. The van der Waals surface area contributed by atoms with Crippen LogP contribution in [0, 0.1) is 0 Å². The molecule has 7 nitrogen and oxygen atoms in total. The third kappa shape index (κ3) is 3.54. The van der Waals surface area contributed by atoms with E-state index in [0.29, 0.717) is 5.69 Å². The first-order chi connectivity index (χ1) is 14.4. The Kier molecular flexibility index (Phi) is 5.48. The minimum Gasteiger partial charge on any atom is -0.478 e. The van der Waals surface area contributed by atoms with Gasteiger partial charge in [-0.1, -0.05) is 30.3 Å². The number of rotatable bonds is 5. The number of aromatic nitrogens is 1. The first-order valence-electron chi connectivity index (χ1n) is 9.27. The zero-order valence-corrected chi connectivity index (χ0v) is 17.9. The Labute approximate surface area is 181 Å². The van der Waals surface area contributed by atoms with Crippen LogP contribution in [0.1, 0.15) is 39.8 Å². The molecule has 2 heterocycles. The molecule has 1 N–H and O–H groups in total. The van der Waals surface area contributed by atoms with Crippen molar-refractivity contribution in [2.24, 2.45) is 0 Å². The van der Waals surface area contributed by atoms with E-state index in [1.807, 2.05) is 24.3 Å². The van der Waals surface area contributed by atoms with E-state index >= 15 is 0 Å². The second-order valence-corrected chi connectivity index (χ2v) is 8.85.